The summed E-state index contributed by atoms with van der Waals surface area (Å²) in [5.41, 5.74) is 0.338. The fourth-order valence-corrected chi connectivity index (χ4v) is 1.94. The van der Waals surface area contributed by atoms with Crippen LogP contribution in [0.3, 0.4) is 0 Å². The molecular weight excluding hydrogens is 280 g/mol. The van der Waals surface area contributed by atoms with Crippen molar-refractivity contribution in [2.45, 2.75) is 24.6 Å². The first-order valence-electron chi connectivity index (χ1n) is 6.35. The van der Waals surface area contributed by atoms with Crippen molar-refractivity contribution in [1.82, 2.24) is 0 Å². The zero-order valence-corrected chi connectivity index (χ0v) is 11.3. The summed E-state index contributed by atoms with van der Waals surface area (Å²) in [7, 11) is 1.27. The van der Waals surface area contributed by atoms with E-state index < -0.39 is 36.4 Å². The molecule has 0 spiro atoms. The number of benzene rings is 1. The van der Waals surface area contributed by atoms with E-state index in [1.165, 1.54) is 7.11 Å². The Bertz CT molecular complexity index is 501. The minimum absolute atomic E-state index is 0.338. The Kier molecular flexibility index (Phi) is 5.03. The van der Waals surface area contributed by atoms with Crippen LogP contribution in [0.15, 0.2) is 30.3 Å². The van der Waals surface area contributed by atoms with Gasteiger partial charge in [-0.1, -0.05) is 18.2 Å². The van der Waals surface area contributed by atoms with Gasteiger partial charge in [-0.25, -0.2) is 4.79 Å². The maximum absolute atomic E-state index is 11.8. The Hall–Kier alpha value is -1.80. The summed E-state index contributed by atoms with van der Waals surface area (Å²) in [5, 5.41) is 19.2. The zero-order valence-electron chi connectivity index (χ0n) is 11.3. The van der Waals surface area contributed by atoms with E-state index in [4.69, 9.17) is 14.2 Å². The summed E-state index contributed by atoms with van der Waals surface area (Å²) in [4.78, 5) is 23.5. The standard InChI is InChI=1S/C14H16O7/c1-19-14-12(17)11(16)10(15)9(21-14)7-20-13(18)8-5-3-2-4-6-8/h2-6,9,11-12,14,16-17H,7H2,1H3/t9?,11?,12?,14-/m0/s1. The maximum Gasteiger partial charge on any atom is 0.338 e. The van der Waals surface area contributed by atoms with Crippen LogP contribution in [0.25, 0.3) is 0 Å². The number of hydrogen-bond donors (Lipinski definition) is 2. The second-order valence-corrected chi connectivity index (χ2v) is 4.53. The van der Waals surface area contributed by atoms with E-state index in [9.17, 15) is 19.8 Å². The smallest absolute Gasteiger partial charge is 0.338 e. The first-order valence-corrected chi connectivity index (χ1v) is 6.35. The topological polar surface area (TPSA) is 102 Å². The lowest BCUT2D eigenvalue weighted by molar-refractivity contribution is -0.248. The maximum atomic E-state index is 11.8. The van der Waals surface area contributed by atoms with Gasteiger partial charge in [0.05, 0.1) is 5.56 Å². The Morgan fingerprint density at radius 1 is 1.29 bits per heavy atom. The van der Waals surface area contributed by atoms with Crippen molar-refractivity contribution in [2.75, 3.05) is 13.7 Å². The van der Waals surface area contributed by atoms with E-state index in [2.05, 4.69) is 0 Å². The molecule has 21 heavy (non-hydrogen) atoms. The molecule has 1 aliphatic rings. The van der Waals surface area contributed by atoms with Gasteiger partial charge in [0, 0.05) is 7.11 Å². The molecule has 0 amide bonds. The van der Waals surface area contributed by atoms with Gasteiger partial charge in [-0.15, -0.1) is 0 Å². The van der Waals surface area contributed by atoms with Gasteiger partial charge in [-0.05, 0) is 12.1 Å². The fourth-order valence-electron chi connectivity index (χ4n) is 1.94. The van der Waals surface area contributed by atoms with Crippen LogP contribution in [-0.4, -0.2) is 60.3 Å². The molecule has 0 aromatic heterocycles. The van der Waals surface area contributed by atoms with Crippen LogP contribution in [0.4, 0.5) is 0 Å². The number of ether oxygens (including phenoxy) is 3. The third-order valence-electron chi connectivity index (χ3n) is 3.12. The minimum atomic E-state index is -1.64. The monoisotopic (exact) mass is 296 g/mol. The summed E-state index contributed by atoms with van der Waals surface area (Å²) in [6.07, 6.45) is -5.44. The van der Waals surface area contributed by atoms with Crippen LogP contribution < -0.4 is 0 Å². The lowest BCUT2D eigenvalue weighted by Crippen LogP contribution is -2.56. The molecule has 2 N–H and O–H groups in total. The average molecular weight is 296 g/mol. The van der Waals surface area contributed by atoms with Gasteiger partial charge in [0.15, 0.2) is 18.2 Å². The van der Waals surface area contributed by atoms with Crippen LogP contribution >= 0.6 is 0 Å². The molecule has 1 saturated heterocycles. The van der Waals surface area contributed by atoms with Crippen molar-refractivity contribution in [1.29, 1.82) is 0 Å². The van der Waals surface area contributed by atoms with E-state index in [1.807, 2.05) is 0 Å². The molecule has 4 atom stereocenters. The molecule has 0 aliphatic carbocycles. The van der Waals surface area contributed by atoms with Gasteiger partial charge in [0.1, 0.15) is 18.8 Å². The van der Waals surface area contributed by atoms with Crippen LogP contribution in [0.1, 0.15) is 10.4 Å². The normalized spacial score (nSPS) is 29.2. The molecule has 3 unspecified atom stereocenters. The number of ketones is 1. The van der Waals surface area contributed by atoms with Crippen molar-refractivity contribution < 1.29 is 34.0 Å². The number of carbonyl (C=O) groups excluding carboxylic acids is 2. The van der Waals surface area contributed by atoms with Crippen molar-refractivity contribution >= 4 is 11.8 Å². The van der Waals surface area contributed by atoms with Gasteiger partial charge in [-0.2, -0.15) is 0 Å². The average Bonchev–Trinajstić information content (AvgIpc) is 2.52. The SMILES string of the molecule is CO[C@H]1OC(COC(=O)c2ccccc2)C(=O)C(O)C1O. The highest BCUT2D eigenvalue weighted by Crippen LogP contribution is 2.19. The number of aliphatic hydroxyl groups is 2. The van der Waals surface area contributed by atoms with Crippen LogP contribution in [0, 0.1) is 0 Å². The molecule has 114 valence electrons. The van der Waals surface area contributed by atoms with Gasteiger partial charge < -0.3 is 24.4 Å². The van der Waals surface area contributed by atoms with E-state index in [-0.39, 0.29) is 6.61 Å². The number of rotatable bonds is 4. The van der Waals surface area contributed by atoms with Crippen molar-refractivity contribution in [2.24, 2.45) is 0 Å². The molecule has 7 nitrogen and oxygen atoms in total. The molecule has 1 aromatic carbocycles. The summed E-state index contributed by atoms with van der Waals surface area (Å²) < 4.78 is 15.0. The first-order chi connectivity index (χ1) is 10.0. The molecule has 1 aromatic rings. The second kappa shape index (κ2) is 6.77. The summed E-state index contributed by atoms with van der Waals surface area (Å²) in [6.45, 7) is -0.365. The Morgan fingerprint density at radius 2 is 1.95 bits per heavy atom. The van der Waals surface area contributed by atoms with Gasteiger partial charge in [0.25, 0.3) is 0 Å². The minimum Gasteiger partial charge on any atom is -0.459 e. The quantitative estimate of drug-likeness (QED) is 0.722. The second-order valence-electron chi connectivity index (χ2n) is 4.53. The third kappa shape index (κ3) is 3.45. The van der Waals surface area contributed by atoms with E-state index in [0.29, 0.717) is 5.56 Å². The highest BCUT2D eigenvalue weighted by atomic mass is 16.7. The number of methoxy groups -OCH3 is 1. The van der Waals surface area contributed by atoms with E-state index >= 15 is 0 Å². The molecule has 7 heteroatoms. The van der Waals surface area contributed by atoms with Crippen molar-refractivity contribution in [3.05, 3.63) is 35.9 Å². The molecule has 0 bridgehead atoms. The first kappa shape index (κ1) is 15.6. The highest BCUT2D eigenvalue weighted by Gasteiger charge is 2.44. The Balaban J connectivity index is 1.96. The van der Waals surface area contributed by atoms with Gasteiger partial charge >= 0.3 is 5.97 Å². The lowest BCUT2D eigenvalue weighted by Gasteiger charge is -2.34. The zero-order chi connectivity index (χ0) is 15.4. The van der Waals surface area contributed by atoms with Crippen molar-refractivity contribution in [3.63, 3.8) is 0 Å². The van der Waals surface area contributed by atoms with Crippen LogP contribution in [0.2, 0.25) is 0 Å². The molecule has 2 rings (SSSR count). The molecule has 1 aliphatic heterocycles. The fraction of sp³-hybridized carbons (Fsp3) is 0.429. The summed E-state index contributed by atoms with van der Waals surface area (Å²) in [5.74, 6) is -1.36. The number of hydrogen-bond acceptors (Lipinski definition) is 7. The summed E-state index contributed by atoms with van der Waals surface area (Å²) >= 11 is 0. The Labute approximate surface area is 121 Å². The number of esters is 1. The molecule has 1 heterocycles. The largest absolute Gasteiger partial charge is 0.459 e. The van der Waals surface area contributed by atoms with E-state index in [1.54, 1.807) is 30.3 Å². The summed E-state index contributed by atoms with van der Waals surface area (Å²) in [6, 6.07) is 8.26. The number of Topliss-reactive ketones (excluding diaryl/α,β-unsaturated/α-hetero) is 1. The highest BCUT2D eigenvalue weighted by molar-refractivity contribution is 5.91. The predicted octanol–water partition coefficient (Wildman–Crippen LogP) is -0.494. The predicted molar refractivity (Wildman–Crippen MR) is 69.4 cm³/mol. The van der Waals surface area contributed by atoms with Crippen LogP contribution in [-0.2, 0) is 19.0 Å². The molecule has 1 fully saturated rings. The molecule has 0 radical (unpaired) electrons. The van der Waals surface area contributed by atoms with Crippen LogP contribution in [0.5, 0.6) is 0 Å². The van der Waals surface area contributed by atoms with Crippen molar-refractivity contribution in [3.8, 4) is 0 Å². The molecular formula is C14H16O7. The number of aliphatic hydroxyl groups excluding tert-OH is 2. The molecule has 0 saturated carbocycles. The van der Waals surface area contributed by atoms with Gasteiger partial charge in [-0.3, -0.25) is 4.79 Å². The lowest BCUT2D eigenvalue weighted by atomic mass is 10.0. The Morgan fingerprint density at radius 3 is 2.57 bits per heavy atom. The van der Waals surface area contributed by atoms with Gasteiger partial charge in [0.2, 0.25) is 0 Å². The number of carbonyl (C=O) groups is 2. The third-order valence-corrected chi connectivity index (χ3v) is 3.12. The van der Waals surface area contributed by atoms with E-state index in [0.717, 1.165) is 0 Å².